The summed E-state index contributed by atoms with van der Waals surface area (Å²) in [5.41, 5.74) is -1.45. The molecule has 15 heavy (non-hydrogen) atoms. The number of aromatic nitrogens is 2. The normalized spacial score (nSPS) is 11.9. The first-order valence-electron chi connectivity index (χ1n) is 4.03. The smallest absolute Gasteiger partial charge is 0.329 e. The van der Waals surface area contributed by atoms with E-state index in [1.165, 1.54) is 12.3 Å². The molecule has 0 unspecified atom stereocenters. The van der Waals surface area contributed by atoms with E-state index in [0.29, 0.717) is 0 Å². The van der Waals surface area contributed by atoms with Gasteiger partial charge in [-0.15, -0.1) is 0 Å². The van der Waals surface area contributed by atoms with Crippen LogP contribution in [0.5, 0.6) is 0 Å². The van der Waals surface area contributed by atoms with E-state index in [4.69, 9.17) is 0 Å². The number of H-pyrrole nitrogens is 1. The van der Waals surface area contributed by atoms with E-state index >= 15 is 0 Å². The lowest BCUT2D eigenvalue weighted by Crippen LogP contribution is -2.10. The largest absolute Gasteiger partial charge is 0.433 e. The van der Waals surface area contributed by atoms with Gasteiger partial charge in [-0.2, -0.15) is 13.2 Å². The molecule has 0 amide bonds. The van der Waals surface area contributed by atoms with Crippen LogP contribution >= 0.6 is 0 Å². The second-order valence-corrected chi connectivity index (χ2v) is 2.96. The zero-order valence-corrected chi connectivity index (χ0v) is 7.30. The number of fused-ring (bicyclic) bond motifs is 1. The molecule has 2 aromatic heterocycles. The molecule has 0 spiro atoms. The van der Waals surface area contributed by atoms with Crippen molar-refractivity contribution in [3.63, 3.8) is 0 Å². The molecular weight excluding hydrogens is 209 g/mol. The molecule has 2 heterocycles. The van der Waals surface area contributed by atoms with Crippen LogP contribution in [-0.2, 0) is 6.18 Å². The van der Waals surface area contributed by atoms with Gasteiger partial charge >= 0.3 is 6.18 Å². The van der Waals surface area contributed by atoms with E-state index in [-0.39, 0.29) is 10.8 Å². The maximum atomic E-state index is 12.3. The van der Waals surface area contributed by atoms with Crippen LogP contribution in [0.2, 0.25) is 0 Å². The van der Waals surface area contributed by atoms with Gasteiger partial charge in [0.25, 0.3) is 5.56 Å². The van der Waals surface area contributed by atoms with Crippen molar-refractivity contribution in [1.29, 1.82) is 0 Å². The second kappa shape index (κ2) is 3.08. The Labute approximate surface area is 81.6 Å². The van der Waals surface area contributed by atoms with Crippen molar-refractivity contribution in [3.05, 3.63) is 40.6 Å². The van der Waals surface area contributed by atoms with E-state index in [2.05, 4.69) is 9.97 Å². The molecule has 3 nitrogen and oxygen atoms in total. The molecule has 78 valence electrons. The number of hydrogen-bond donors (Lipinski definition) is 1. The van der Waals surface area contributed by atoms with Crippen LogP contribution in [0.4, 0.5) is 13.2 Å². The van der Waals surface area contributed by atoms with Gasteiger partial charge in [0.05, 0.1) is 5.39 Å². The number of nitrogens with zero attached hydrogens (tertiary/aromatic N) is 1. The maximum Gasteiger partial charge on any atom is 0.433 e. The number of hydrogen-bond acceptors (Lipinski definition) is 2. The molecule has 2 aromatic rings. The molecule has 0 aliphatic rings. The first kappa shape index (κ1) is 9.70. The number of pyridine rings is 2. The highest BCUT2D eigenvalue weighted by atomic mass is 19.4. The van der Waals surface area contributed by atoms with Crippen LogP contribution in [0.25, 0.3) is 10.8 Å². The molecule has 0 saturated carbocycles. The van der Waals surface area contributed by atoms with Crippen LogP contribution in [0, 0.1) is 0 Å². The fourth-order valence-electron chi connectivity index (χ4n) is 1.24. The summed E-state index contributed by atoms with van der Waals surface area (Å²) in [6.07, 6.45) is -2.27. The van der Waals surface area contributed by atoms with Crippen LogP contribution < -0.4 is 5.56 Å². The van der Waals surface area contributed by atoms with Gasteiger partial charge in [0.1, 0.15) is 5.69 Å². The highest BCUT2D eigenvalue weighted by molar-refractivity contribution is 5.80. The molecule has 0 saturated heterocycles. The summed E-state index contributed by atoms with van der Waals surface area (Å²) < 4.78 is 36.8. The first-order chi connectivity index (χ1) is 6.98. The molecule has 0 aromatic carbocycles. The molecule has 0 aliphatic carbocycles. The minimum absolute atomic E-state index is 0.144. The van der Waals surface area contributed by atoms with E-state index in [9.17, 15) is 18.0 Å². The van der Waals surface area contributed by atoms with E-state index < -0.39 is 17.4 Å². The van der Waals surface area contributed by atoms with Crippen molar-refractivity contribution in [2.45, 2.75) is 6.18 Å². The lowest BCUT2D eigenvalue weighted by molar-refractivity contribution is -0.141. The fourth-order valence-corrected chi connectivity index (χ4v) is 1.24. The van der Waals surface area contributed by atoms with E-state index in [1.807, 2.05) is 0 Å². The molecule has 6 heteroatoms. The standard InChI is InChI=1S/C9H5F3N2O/c10-9(11,12)7-3-5-1-2-13-8(15)6(5)4-14-7/h1-4H,(H,13,15). The van der Waals surface area contributed by atoms with Gasteiger partial charge in [-0.25, -0.2) is 0 Å². The van der Waals surface area contributed by atoms with E-state index in [1.54, 1.807) is 0 Å². The van der Waals surface area contributed by atoms with Gasteiger partial charge in [-0.3, -0.25) is 9.78 Å². The van der Waals surface area contributed by atoms with Gasteiger partial charge in [0, 0.05) is 12.4 Å². The predicted octanol–water partition coefficient (Wildman–Crippen LogP) is 1.94. The van der Waals surface area contributed by atoms with Crippen LogP contribution in [-0.4, -0.2) is 9.97 Å². The van der Waals surface area contributed by atoms with Gasteiger partial charge in [0.2, 0.25) is 0 Å². The van der Waals surface area contributed by atoms with E-state index in [0.717, 1.165) is 12.3 Å². The molecular formula is C9H5F3N2O. The van der Waals surface area contributed by atoms with Crippen molar-refractivity contribution in [2.24, 2.45) is 0 Å². The first-order valence-corrected chi connectivity index (χ1v) is 4.03. The number of nitrogens with one attached hydrogen (secondary N) is 1. The Morgan fingerprint density at radius 3 is 2.73 bits per heavy atom. The molecule has 0 radical (unpaired) electrons. The lowest BCUT2D eigenvalue weighted by Gasteiger charge is -2.05. The summed E-state index contributed by atoms with van der Waals surface area (Å²) in [6, 6.07) is 2.25. The topological polar surface area (TPSA) is 45.8 Å². The number of aromatic amines is 1. The number of rotatable bonds is 0. The van der Waals surface area contributed by atoms with Crippen molar-refractivity contribution in [1.82, 2.24) is 9.97 Å². The summed E-state index contributed by atoms with van der Waals surface area (Å²) >= 11 is 0. The monoisotopic (exact) mass is 214 g/mol. The molecule has 1 N–H and O–H groups in total. The average molecular weight is 214 g/mol. The minimum atomic E-state index is -4.49. The Bertz CT molecular complexity index is 559. The molecule has 0 fully saturated rings. The summed E-state index contributed by atoms with van der Waals surface area (Å²) in [5.74, 6) is 0. The van der Waals surface area contributed by atoms with Crippen LogP contribution in [0.1, 0.15) is 5.69 Å². The second-order valence-electron chi connectivity index (χ2n) is 2.96. The third kappa shape index (κ3) is 1.70. The Balaban J connectivity index is 2.73. The Morgan fingerprint density at radius 1 is 1.33 bits per heavy atom. The lowest BCUT2D eigenvalue weighted by atomic mass is 10.2. The highest BCUT2D eigenvalue weighted by Crippen LogP contribution is 2.28. The summed E-state index contributed by atoms with van der Waals surface area (Å²) in [6.45, 7) is 0. The highest BCUT2D eigenvalue weighted by Gasteiger charge is 2.32. The summed E-state index contributed by atoms with van der Waals surface area (Å²) in [4.78, 5) is 16.7. The van der Waals surface area contributed by atoms with Crippen LogP contribution in [0.15, 0.2) is 29.3 Å². The molecule has 0 aliphatic heterocycles. The van der Waals surface area contributed by atoms with Gasteiger partial charge in [-0.1, -0.05) is 0 Å². The zero-order chi connectivity index (χ0) is 11.1. The quantitative estimate of drug-likeness (QED) is 0.728. The van der Waals surface area contributed by atoms with Crippen molar-refractivity contribution in [3.8, 4) is 0 Å². The van der Waals surface area contributed by atoms with Crippen LogP contribution in [0.3, 0.4) is 0 Å². The fraction of sp³-hybridized carbons (Fsp3) is 0.111. The average Bonchev–Trinajstić information content (AvgIpc) is 2.16. The summed E-state index contributed by atoms with van der Waals surface area (Å²) in [5, 5.41) is 0.367. The Morgan fingerprint density at radius 2 is 2.07 bits per heavy atom. The molecule has 0 atom stereocenters. The zero-order valence-electron chi connectivity index (χ0n) is 7.30. The predicted molar refractivity (Wildman–Crippen MR) is 47.4 cm³/mol. The van der Waals surface area contributed by atoms with Gasteiger partial charge < -0.3 is 4.98 Å². The SMILES string of the molecule is O=c1[nH]ccc2cc(C(F)(F)F)ncc12. The van der Waals surface area contributed by atoms with Crippen molar-refractivity contribution < 1.29 is 13.2 Å². The minimum Gasteiger partial charge on any atom is -0.329 e. The summed E-state index contributed by atoms with van der Waals surface area (Å²) in [7, 11) is 0. The van der Waals surface area contributed by atoms with Crippen molar-refractivity contribution in [2.75, 3.05) is 0 Å². The van der Waals surface area contributed by atoms with Crippen molar-refractivity contribution >= 4 is 10.8 Å². The van der Waals surface area contributed by atoms with Gasteiger partial charge in [-0.05, 0) is 17.5 Å². The molecule has 0 bridgehead atoms. The third-order valence-corrected chi connectivity index (χ3v) is 1.95. The Kier molecular flexibility index (Phi) is 1.99. The van der Waals surface area contributed by atoms with Gasteiger partial charge in [0.15, 0.2) is 0 Å². The number of alkyl halides is 3. The molecule has 2 rings (SSSR count). The Hall–Kier alpha value is -1.85. The third-order valence-electron chi connectivity index (χ3n) is 1.95. The maximum absolute atomic E-state index is 12.3. The number of halogens is 3.